The minimum Gasteiger partial charge on any atom is -0.381 e. The first-order valence-corrected chi connectivity index (χ1v) is 9.90. The number of halogens is 2. The zero-order valence-electron chi connectivity index (χ0n) is 16.1. The molecule has 0 spiro atoms. The predicted octanol–water partition coefficient (Wildman–Crippen LogP) is 3.44. The molecule has 6 heteroatoms. The van der Waals surface area contributed by atoms with Crippen LogP contribution in [0.5, 0.6) is 0 Å². The van der Waals surface area contributed by atoms with Crippen molar-refractivity contribution in [2.75, 3.05) is 32.8 Å². The largest absolute Gasteiger partial charge is 0.381 e. The van der Waals surface area contributed by atoms with E-state index >= 15 is 0 Å². The Kier molecular flexibility index (Phi) is 8.52. The molecule has 0 radical (unpaired) electrons. The van der Waals surface area contributed by atoms with Gasteiger partial charge in [0.1, 0.15) is 5.82 Å². The second-order valence-electron chi connectivity index (χ2n) is 7.95. The summed E-state index contributed by atoms with van der Waals surface area (Å²) in [5.41, 5.74) is 0.938. The van der Waals surface area contributed by atoms with Gasteiger partial charge in [0, 0.05) is 31.6 Å². The van der Waals surface area contributed by atoms with Gasteiger partial charge in [-0.2, -0.15) is 0 Å². The van der Waals surface area contributed by atoms with Crippen LogP contribution in [0.3, 0.4) is 0 Å². The molecule has 152 valence electrons. The molecule has 0 aliphatic carbocycles. The molecule has 2 aliphatic rings. The van der Waals surface area contributed by atoms with E-state index in [-0.39, 0.29) is 29.5 Å². The van der Waals surface area contributed by atoms with Gasteiger partial charge >= 0.3 is 0 Å². The standard InChI is InChI=1S/C21H31FN2O2.ClH/c1-16(17-6-10-23-11-7-17)14-20(25)24-15-21(8-12-26-13-9-21)18-2-4-19(22)5-3-18;/h2-5,16-17,23H,6-15H2,1H3,(H,24,25);1H. The normalized spacial score (nSPS) is 21.1. The number of hydrogen-bond donors (Lipinski definition) is 2. The molecule has 0 saturated carbocycles. The summed E-state index contributed by atoms with van der Waals surface area (Å²) in [6.45, 7) is 6.27. The van der Waals surface area contributed by atoms with E-state index in [4.69, 9.17) is 4.74 Å². The molecule has 2 N–H and O–H groups in total. The van der Waals surface area contributed by atoms with Crippen LogP contribution in [0.4, 0.5) is 4.39 Å². The summed E-state index contributed by atoms with van der Waals surface area (Å²) in [5, 5.41) is 6.55. The molecule has 2 saturated heterocycles. The van der Waals surface area contributed by atoms with Crippen molar-refractivity contribution < 1.29 is 13.9 Å². The van der Waals surface area contributed by atoms with Crippen LogP contribution >= 0.6 is 12.4 Å². The average Bonchev–Trinajstić information content (AvgIpc) is 2.68. The molecular weight excluding hydrogens is 367 g/mol. The van der Waals surface area contributed by atoms with E-state index in [1.54, 1.807) is 0 Å². The van der Waals surface area contributed by atoms with Gasteiger partial charge in [-0.25, -0.2) is 4.39 Å². The third kappa shape index (κ3) is 5.90. The zero-order chi connectivity index (χ0) is 18.4. The Morgan fingerprint density at radius 3 is 2.52 bits per heavy atom. The number of carbonyl (C=O) groups is 1. The van der Waals surface area contributed by atoms with E-state index in [2.05, 4.69) is 17.6 Å². The second-order valence-corrected chi connectivity index (χ2v) is 7.95. The number of rotatable bonds is 6. The van der Waals surface area contributed by atoms with Crippen LogP contribution in [0.1, 0.15) is 44.6 Å². The SMILES string of the molecule is CC(CC(=O)NCC1(c2ccc(F)cc2)CCOCC1)C1CCNCC1.Cl. The van der Waals surface area contributed by atoms with Crippen molar-refractivity contribution in [3.05, 3.63) is 35.6 Å². The lowest BCUT2D eigenvalue weighted by Gasteiger charge is -2.38. The molecule has 1 unspecified atom stereocenters. The first-order valence-electron chi connectivity index (χ1n) is 9.90. The molecule has 1 aromatic carbocycles. The molecule has 0 aromatic heterocycles. The monoisotopic (exact) mass is 398 g/mol. The molecule has 2 heterocycles. The number of amides is 1. The average molecular weight is 399 g/mol. The van der Waals surface area contributed by atoms with Gasteiger partial charge in [-0.1, -0.05) is 19.1 Å². The van der Waals surface area contributed by atoms with Crippen molar-refractivity contribution in [2.24, 2.45) is 11.8 Å². The van der Waals surface area contributed by atoms with Crippen LogP contribution < -0.4 is 10.6 Å². The Balaban J connectivity index is 0.00000261. The van der Waals surface area contributed by atoms with Crippen molar-refractivity contribution in [2.45, 2.75) is 44.4 Å². The summed E-state index contributed by atoms with van der Waals surface area (Å²) < 4.78 is 18.8. The number of hydrogen-bond acceptors (Lipinski definition) is 3. The highest BCUT2D eigenvalue weighted by Gasteiger charge is 2.35. The maximum absolute atomic E-state index is 13.3. The summed E-state index contributed by atoms with van der Waals surface area (Å²) in [7, 11) is 0. The van der Waals surface area contributed by atoms with E-state index in [0.717, 1.165) is 44.3 Å². The minimum absolute atomic E-state index is 0. The Hall–Kier alpha value is -1.17. The molecule has 2 aliphatic heterocycles. The lowest BCUT2D eigenvalue weighted by Crippen LogP contribution is -2.45. The third-order valence-corrected chi connectivity index (χ3v) is 6.23. The number of nitrogens with one attached hydrogen (secondary N) is 2. The Morgan fingerprint density at radius 2 is 1.89 bits per heavy atom. The highest BCUT2D eigenvalue weighted by molar-refractivity contribution is 5.85. The molecule has 4 nitrogen and oxygen atoms in total. The molecule has 27 heavy (non-hydrogen) atoms. The summed E-state index contributed by atoms with van der Waals surface area (Å²) in [6, 6.07) is 6.72. The summed E-state index contributed by atoms with van der Waals surface area (Å²) in [6.07, 6.45) is 4.60. The van der Waals surface area contributed by atoms with Gasteiger partial charge in [0.25, 0.3) is 0 Å². The van der Waals surface area contributed by atoms with Crippen molar-refractivity contribution in [1.29, 1.82) is 0 Å². The van der Waals surface area contributed by atoms with E-state index in [1.807, 2.05) is 12.1 Å². The molecular formula is C21H32ClFN2O2. The molecule has 1 amide bonds. The smallest absolute Gasteiger partial charge is 0.220 e. The summed E-state index contributed by atoms with van der Waals surface area (Å²) in [4.78, 5) is 12.5. The first kappa shape index (κ1) is 22.1. The Morgan fingerprint density at radius 1 is 1.26 bits per heavy atom. The number of piperidine rings is 1. The lowest BCUT2D eigenvalue weighted by molar-refractivity contribution is -0.122. The fourth-order valence-electron chi connectivity index (χ4n) is 4.35. The second kappa shape index (κ2) is 10.4. The molecule has 0 bridgehead atoms. The fourth-order valence-corrected chi connectivity index (χ4v) is 4.35. The van der Waals surface area contributed by atoms with E-state index < -0.39 is 0 Å². The van der Waals surface area contributed by atoms with Gasteiger partial charge in [-0.05, 0) is 68.3 Å². The van der Waals surface area contributed by atoms with Crippen LogP contribution in [0.2, 0.25) is 0 Å². The third-order valence-electron chi connectivity index (χ3n) is 6.23. The van der Waals surface area contributed by atoms with Gasteiger partial charge in [-0.3, -0.25) is 4.79 Å². The van der Waals surface area contributed by atoms with Gasteiger partial charge in [0.2, 0.25) is 5.91 Å². The van der Waals surface area contributed by atoms with E-state index in [9.17, 15) is 9.18 Å². The molecule has 1 atom stereocenters. The number of carbonyl (C=O) groups excluding carboxylic acids is 1. The van der Waals surface area contributed by atoms with Crippen molar-refractivity contribution >= 4 is 18.3 Å². The van der Waals surface area contributed by atoms with Crippen LogP contribution in [0, 0.1) is 17.7 Å². The lowest BCUT2D eigenvalue weighted by atomic mass is 9.74. The van der Waals surface area contributed by atoms with Crippen LogP contribution in [-0.2, 0) is 14.9 Å². The maximum atomic E-state index is 13.3. The topological polar surface area (TPSA) is 50.4 Å². The highest BCUT2D eigenvalue weighted by Crippen LogP contribution is 2.34. The first-order chi connectivity index (χ1) is 12.6. The maximum Gasteiger partial charge on any atom is 0.220 e. The summed E-state index contributed by atoms with van der Waals surface area (Å²) in [5.74, 6) is 0.949. The van der Waals surface area contributed by atoms with Crippen molar-refractivity contribution in [1.82, 2.24) is 10.6 Å². The Bertz CT molecular complexity index is 584. The predicted molar refractivity (Wildman–Crippen MR) is 108 cm³/mol. The number of ether oxygens (including phenoxy) is 1. The summed E-state index contributed by atoms with van der Waals surface area (Å²) >= 11 is 0. The van der Waals surface area contributed by atoms with Gasteiger partial charge in [0.05, 0.1) is 0 Å². The van der Waals surface area contributed by atoms with E-state index in [0.29, 0.717) is 38.0 Å². The molecule has 2 fully saturated rings. The molecule has 1 aromatic rings. The van der Waals surface area contributed by atoms with E-state index in [1.165, 1.54) is 12.1 Å². The Labute approximate surface area is 168 Å². The van der Waals surface area contributed by atoms with Gasteiger partial charge in [-0.15, -0.1) is 12.4 Å². The van der Waals surface area contributed by atoms with Crippen LogP contribution in [0.25, 0.3) is 0 Å². The van der Waals surface area contributed by atoms with Crippen molar-refractivity contribution in [3.8, 4) is 0 Å². The molecule has 3 rings (SSSR count). The van der Waals surface area contributed by atoms with Crippen molar-refractivity contribution in [3.63, 3.8) is 0 Å². The van der Waals surface area contributed by atoms with Gasteiger partial charge < -0.3 is 15.4 Å². The quantitative estimate of drug-likeness (QED) is 0.771. The number of benzene rings is 1. The van der Waals surface area contributed by atoms with Gasteiger partial charge in [0.15, 0.2) is 0 Å². The van der Waals surface area contributed by atoms with Crippen LogP contribution in [0.15, 0.2) is 24.3 Å². The fraction of sp³-hybridized carbons (Fsp3) is 0.667. The van der Waals surface area contributed by atoms with Crippen LogP contribution in [-0.4, -0.2) is 38.8 Å². The zero-order valence-corrected chi connectivity index (χ0v) is 17.0. The highest BCUT2D eigenvalue weighted by atomic mass is 35.5. The minimum atomic E-state index is -0.226.